The van der Waals surface area contributed by atoms with Crippen LogP contribution in [0.2, 0.25) is 0 Å². The molecular weight excluding hydrogens is 285 g/mol. The van der Waals surface area contributed by atoms with Gasteiger partial charge in [-0.25, -0.2) is 4.98 Å². The van der Waals surface area contributed by atoms with Crippen molar-refractivity contribution in [2.75, 3.05) is 44.9 Å². The summed E-state index contributed by atoms with van der Waals surface area (Å²) >= 11 is 0. The third-order valence-electron chi connectivity index (χ3n) is 4.34. The van der Waals surface area contributed by atoms with Crippen LogP contribution in [0.5, 0.6) is 0 Å². The smallest absolute Gasteiger partial charge is 0.384 e. The summed E-state index contributed by atoms with van der Waals surface area (Å²) in [6.07, 6.45) is -3.00. The first-order chi connectivity index (χ1) is 9.96. The van der Waals surface area contributed by atoms with Crippen LogP contribution in [-0.4, -0.2) is 45.0 Å². The fourth-order valence-corrected chi connectivity index (χ4v) is 3.36. The predicted molar refractivity (Wildman–Crippen MR) is 70.1 cm³/mol. The number of aromatic nitrogens is 1. The number of fused-ring (bicyclic) bond motifs is 1. The highest BCUT2D eigenvalue weighted by Gasteiger charge is 2.52. The Morgan fingerprint density at radius 1 is 1.52 bits per heavy atom. The molecule has 21 heavy (non-hydrogen) atoms. The predicted octanol–water partition coefficient (Wildman–Crippen LogP) is 2.20. The van der Waals surface area contributed by atoms with Crippen molar-refractivity contribution < 1.29 is 22.6 Å². The first-order valence-electron chi connectivity index (χ1n) is 6.80. The van der Waals surface area contributed by atoms with E-state index in [2.05, 4.69) is 4.98 Å². The minimum atomic E-state index is -4.40. The highest BCUT2D eigenvalue weighted by Crippen LogP contribution is 2.45. The average molecular weight is 302 g/mol. The average Bonchev–Trinajstić information content (AvgIpc) is 2.94. The molecule has 0 aromatic carbocycles. The van der Waals surface area contributed by atoms with Gasteiger partial charge in [-0.1, -0.05) is 0 Å². The van der Waals surface area contributed by atoms with Crippen LogP contribution in [0.3, 0.4) is 0 Å². The summed E-state index contributed by atoms with van der Waals surface area (Å²) in [6, 6.07) is 2.40. The lowest BCUT2D eigenvalue weighted by Gasteiger charge is -2.27. The Hall–Kier alpha value is -1.34. The maximum atomic E-state index is 13.1. The molecule has 2 aliphatic heterocycles. The summed E-state index contributed by atoms with van der Waals surface area (Å²) in [6.45, 7) is 2.57. The van der Waals surface area contributed by atoms with Gasteiger partial charge in [0.25, 0.3) is 0 Å². The van der Waals surface area contributed by atoms with E-state index in [0.717, 1.165) is 6.07 Å². The molecule has 0 unspecified atom stereocenters. The van der Waals surface area contributed by atoms with Gasteiger partial charge in [-0.3, -0.25) is 0 Å². The van der Waals surface area contributed by atoms with E-state index in [1.807, 2.05) is 0 Å². The molecule has 2 saturated heterocycles. The molecule has 0 radical (unpaired) electrons. The van der Waals surface area contributed by atoms with Crippen molar-refractivity contribution in [2.45, 2.75) is 6.18 Å². The molecule has 0 aliphatic carbocycles. The molecule has 7 heteroatoms. The number of hydrogen-bond donors (Lipinski definition) is 0. The van der Waals surface area contributed by atoms with Crippen molar-refractivity contribution in [3.8, 4) is 0 Å². The lowest BCUT2D eigenvalue weighted by molar-refractivity contribution is -0.137. The second-order valence-electron chi connectivity index (χ2n) is 5.76. The van der Waals surface area contributed by atoms with E-state index in [9.17, 15) is 13.2 Å². The summed E-state index contributed by atoms with van der Waals surface area (Å²) < 4.78 is 50.1. The Kier molecular flexibility index (Phi) is 3.57. The van der Waals surface area contributed by atoms with Gasteiger partial charge in [-0.05, 0) is 12.1 Å². The summed E-state index contributed by atoms with van der Waals surface area (Å²) in [4.78, 5) is 5.69. The number of hydrogen-bond acceptors (Lipinski definition) is 4. The van der Waals surface area contributed by atoms with Crippen LogP contribution >= 0.6 is 0 Å². The van der Waals surface area contributed by atoms with E-state index in [-0.39, 0.29) is 17.2 Å². The van der Waals surface area contributed by atoms with Crippen molar-refractivity contribution in [3.63, 3.8) is 0 Å². The van der Waals surface area contributed by atoms with Gasteiger partial charge < -0.3 is 14.4 Å². The summed E-state index contributed by atoms with van der Waals surface area (Å²) in [5.41, 5.74) is -0.909. The quantitative estimate of drug-likeness (QED) is 0.857. The summed E-state index contributed by atoms with van der Waals surface area (Å²) in [5, 5.41) is 0. The fourth-order valence-electron chi connectivity index (χ4n) is 3.36. The third kappa shape index (κ3) is 2.48. The maximum Gasteiger partial charge on any atom is 0.419 e. The van der Waals surface area contributed by atoms with E-state index in [4.69, 9.17) is 9.47 Å². The molecule has 2 fully saturated rings. The number of anilines is 1. The van der Waals surface area contributed by atoms with E-state index < -0.39 is 11.7 Å². The van der Waals surface area contributed by atoms with Crippen molar-refractivity contribution >= 4 is 5.82 Å². The molecule has 1 aromatic rings. The number of alkyl halides is 3. The van der Waals surface area contributed by atoms with Crippen molar-refractivity contribution in [1.29, 1.82) is 0 Å². The first-order valence-corrected chi connectivity index (χ1v) is 6.80. The molecule has 0 spiro atoms. The van der Waals surface area contributed by atoms with Gasteiger partial charge in [-0.2, -0.15) is 13.2 Å². The van der Waals surface area contributed by atoms with Crippen molar-refractivity contribution in [3.05, 3.63) is 23.9 Å². The van der Waals surface area contributed by atoms with Crippen LogP contribution in [0, 0.1) is 11.3 Å². The number of pyridine rings is 1. The minimum absolute atomic E-state index is 0.00915. The SMILES string of the molecule is COC[C@@]12COC[C@@H]1CN(c1ncccc1C(F)(F)F)C2. The number of methoxy groups -OCH3 is 1. The van der Waals surface area contributed by atoms with E-state index >= 15 is 0 Å². The summed E-state index contributed by atoms with van der Waals surface area (Å²) in [5.74, 6) is 0.190. The van der Waals surface area contributed by atoms with Crippen molar-refractivity contribution in [1.82, 2.24) is 4.98 Å². The van der Waals surface area contributed by atoms with Crippen LogP contribution in [0.1, 0.15) is 5.56 Å². The van der Waals surface area contributed by atoms with Gasteiger partial charge in [-0.15, -0.1) is 0 Å². The zero-order valence-corrected chi connectivity index (χ0v) is 11.7. The number of halogens is 3. The molecule has 3 rings (SSSR count). The first kappa shape index (κ1) is 14.6. The Morgan fingerprint density at radius 3 is 3.05 bits per heavy atom. The normalized spacial score (nSPS) is 29.0. The fraction of sp³-hybridized carbons (Fsp3) is 0.643. The largest absolute Gasteiger partial charge is 0.419 e. The molecular formula is C14H17F3N2O2. The third-order valence-corrected chi connectivity index (χ3v) is 4.34. The Balaban J connectivity index is 1.90. The lowest BCUT2D eigenvalue weighted by atomic mass is 9.82. The lowest BCUT2D eigenvalue weighted by Crippen LogP contribution is -2.35. The zero-order valence-electron chi connectivity index (χ0n) is 11.7. The van der Waals surface area contributed by atoms with Gasteiger partial charge in [0.05, 0.1) is 25.4 Å². The van der Waals surface area contributed by atoms with Crippen molar-refractivity contribution in [2.24, 2.45) is 11.3 Å². The molecule has 1 aromatic heterocycles. The van der Waals surface area contributed by atoms with Crippen LogP contribution < -0.4 is 4.90 Å². The maximum absolute atomic E-state index is 13.1. The Morgan fingerprint density at radius 2 is 2.33 bits per heavy atom. The van der Waals surface area contributed by atoms with Crippen LogP contribution in [0.25, 0.3) is 0 Å². The topological polar surface area (TPSA) is 34.6 Å². The van der Waals surface area contributed by atoms with Crippen LogP contribution in [0.15, 0.2) is 18.3 Å². The highest BCUT2D eigenvalue weighted by molar-refractivity contribution is 5.50. The molecule has 2 aliphatic rings. The molecule has 0 saturated carbocycles. The molecule has 0 amide bonds. The molecule has 3 heterocycles. The molecule has 0 bridgehead atoms. The number of nitrogens with zero attached hydrogens (tertiary/aromatic N) is 2. The second kappa shape index (κ2) is 5.14. The van der Waals surface area contributed by atoms with Gasteiger partial charge in [0.1, 0.15) is 5.82 Å². The second-order valence-corrected chi connectivity index (χ2v) is 5.76. The number of rotatable bonds is 3. The molecule has 4 nitrogen and oxygen atoms in total. The van der Waals surface area contributed by atoms with Gasteiger partial charge >= 0.3 is 6.18 Å². The number of ether oxygens (including phenoxy) is 2. The summed E-state index contributed by atoms with van der Waals surface area (Å²) in [7, 11) is 1.61. The van der Waals surface area contributed by atoms with Crippen LogP contribution in [0.4, 0.5) is 19.0 Å². The van der Waals surface area contributed by atoms with Gasteiger partial charge in [0.2, 0.25) is 0 Å². The standard InChI is InChI=1S/C14H17F3N2O2/c1-20-8-13-7-19(5-10(13)6-21-9-13)12-11(14(15,16)17)3-2-4-18-12/h2-4,10H,5-9H2,1H3/t10-,13-/m0/s1. The molecule has 116 valence electrons. The van der Waals surface area contributed by atoms with Gasteiger partial charge in [0, 0.05) is 37.7 Å². The minimum Gasteiger partial charge on any atom is -0.384 e. The highest BCUT2D eigenvalue weighted by atomic mass is 19.4. The van der Waals surface area contributed by atoms with Crippen LogP contribution in [-0.2, 0) is 15.7 Å². The van der Waals surface area contributed by atoms with E-state index in [0.29, 0.717) is 32.9 Å². The zero-order chi connectivity index (χ0) is 15.1. The van der Waals surface area contributed by atoms with Gasteiger partial charge in [0.15, 0.2) is 0 Å². The Bertz CT molecular complexity index is 523. The van der Waals surface area contributed by atoms with E-state index in [1.54, 1.807) is 12.0 Å². The van der Waals surface area contributed by atoms with E-state index in [1.165, 1.54) is 12.3 Å². The molecule has 0 N–H and O–H groups in total. The molecule has 2 atom stereocenters. The monoisotopic (exact) mass is 302 g/mol. The Labute approximate surface area is 120 Å².